The van der Waals surface area contributed by atoms with Gasteiger partial charge in [0, 0.05) is 25.2 Å². The fraction of sp³-hybridized carbons (Fsp3) is 0.600. The molecule has 0 bridgehead atoms. The van der Waals surface area contributed by atoms with Crippen molar-refractivity contribution < 1.29 is 14.7 Å². The summed E-state index contributed by atoms with van der Waals surface area (Å²) in [7, 11) is 0. The summed E-state index contributed by atoms with van der Waals surface area (Å²) < 4.78 is 0. The van der Waals surface area contributed by atoms with Crippen LogP contribution in [0, 0.1) is 11.8 Å². The van der Waals surface area contributed by atoms with E-state index in [-0.39, 0.29) is 36.5 Å². The highest BCUT2D eigenvalue weighted by atomic mass is 16.4. The molecule has 1 aromatic carbocycles. The first-order valence-corrected chi connectivity index (χ1v) is 9.89. The van der Waals surface area contributed by atoms with Crippen molar-refractivity contribution in [3.63, 3.8) is 0 Å². The highest BCUT2D eigenvalue weighted by Crippen LogP contribution is 2.34. The summed E-state index contributed by atoms with van der Waals surface area (Å²) in [6.45, 7) is 1.59. The quantitative estimate of drug-likeness (QED) is 0.542. The Hall–Kier alpha value is -1.96. The molecule has 1 amide bonds. The van der Waals surface area contributed by atoms with Crippen LogP contribution >= 0.6 is 0 Å². The summed E-state index contributed by atoms with van der Waals surface area (Å²) in [6, 6.07) is 10.4. The Morgan fingerprint density at radius 3 is 2.59 bits per heavy atom. The standard InChI is InChI=1S/C20H28N4O3/c25-18(26)12-24(11-13-6-7-13)16-8-15(9-16)22-20(27)17-10-21-23-19(17)14-4-2-1-3-5-14/h1-5,13,15-17,19,21,23H,6-12H2,(H,22,27)(H,25,26). The van der Waals surface area contributed by atoms with Gasteiger partial charge < -0.3 is 10.4 Å². The van der Waals surface area contributed by atoms with Gasteiger partial charge in [0.25, 0.3) is 0 Å². The van der Waals surface area contributed by atoms with Gasteiger partial charge in [0.05, 0.1) is 18.5 Å². The Morgan fingerprint density at radius 1 is 1.19 bits per heavy atom. The van der Waals surface area contributed by atoms with Crippen LogP contribution in [0.3, 0.4) is 0 Å². The van der Waals surface area contributed by atoms with Crippen LogP contribution in [0.1, 0.15) is 37.3 Å². The second kappa shape index (κ2) is 7.96. The molecule has 3 fully saturated rings. The van der Waals surface area contributed by atoms with Gasteiger partial charge in [-0.3, -0.25) is 19.9 Å². The number of rotatable bonds is 8. The molecule has 2 unspecified atom stereocenters. The molecule has 2 atom stereocenters. The summed E-state index contributed by atoms with van der Waals surface area (Å²) >= 11 is 0. The minimum absolute atomic E-state index is 0.0274. The second-order valence-corrected chi connectivity index (χ2v) is 8.12. The highest BCUT2D eigenvalue weighted by molar-refractivity contribution is 5.80. The summed E-state index contributed by atoms with van der Waals surface area (Å²) in [5, 5.41) is 12.3. The van der Waals surface area contributed by atoms with Gasteiger partial charge in [-0.05, 0) is 37.2 Å². The van der Waals surface area contributed by atoms with E-state index in [0.717, 1.165) is 24.9 Å². The molecule has 0 radical (unpaired) electrons. The zero-order chi connectivity index (χ0) is 18.8. The molecule has 7 nitrogen and oxygen atoms in total. The van der Waals surface area contributed by atoms with Gasteiger partial charge in [-0.1, -0.05) is 30.3 Å². The van der Waals surface area contributed by atoms with Gasteiger partial charge >= 0.3 is 5.97 Å². The number of carboxylic acids is 1. The van der Waals surface area contributed by atoms with Crippen molar-refractivity contribution in [2.75, 3.05) is 19.6 Å². The molecule has 1 heterocycles. The molecule has 1 aromatic rings. The third-order valence-corrected chi connectivity index (χ3v) is 5.98. The topological polar surface area (TPSA) is 93.7 Å². The van der Waals surface area contributed by atoms with E-state index in [2.05, 4.69) is 21.1 Å². The van der Waals surface area contributed by atoms with Gasteiger partial charge in [-0.15, -0.1) is 0 Å². The maximum atomic E-state index is 12.8. The van der Waals surface area contributed by atoms with Gasteiger partial charge in [-0.2, -0.15) is 0 Å². The van der Waals surface area contributed by atoms with Crippen LogP contribution in [0.5, 0.6) is 0 Å². The molecule has 1 aliphatic heterocycles. The maximum absolute atomic E-state index is 12.8. The summed E-state index contributed by atoms with van der Waals surface area (Å²) in [4.78, 5) is 26.0. The average Bonchev–Trinajstić information content (AvgIpc) is 3.29. The fourth-order valence-corrected chi connectivity index (χ4v) is 4.18. The molecule has 0 aromatic heterocycles. The minimum atomic E-state index is -0.767. The average molecular weight is 372 g/mol. The van der Waals surface area contributed by atoms with Crippen molar-refractivity contribution in [3.8, 4) is 0 Å². The van der Waals surface area contributed by atoms with Crippen molar-refractivity contribution in [1.82, 2.24) is 21.1 Å². The Bertz CT molecular complexity index is 673. The number of benzene rings is 1. The predicted octanol–water partition coefficient (Wildman–Crippen LogP) is 0.896. The predicted molar refractivity (Wildman–Crippen MR) is 101 cm³/mol. The molecule has 146 valence electrons. The number of amides is 1. The van der Waals surface area contributed by atoms with Gasteiger partial charge in [0.1, 0.15) is 0 Å². The molecule has 4 rings (SSSR count). The van der Waals surface area contributed by atoms with E-state index >= 15 is 0 Å². The van der Waals surface area contributed by atoms with Gasteiger partial charge in [-0.25, -0.2) is 5.43 Å². The normalized spacial score (nSPS) is 30.1. The molecule has 4 N–H and O–H groups in total. The number of aliphatic carboxylic acids is 1. The number of nitrogens with one attached hydrogen (secondary N) is 3. The van der Waals surface area contributed by atoms with E-state index in [1.165, 1.54) is 12.8 Å². The van der Waals surface area contributed by atoms with Crippen molar-refractivity contribution in [3.05, 3.63) is 35.9 Å². The number of carboxylic acid groups (broad SMARTS) is 1. The van der Waals surface area contributed by atoms with Crippen LogP contribution in [-0.2, 0) is 9.59 Å². The van der Waals surface area contributed by atoms with Crippen molar-refractivity contribution in [1.29, 1.82) is 0 Å². The summed E-state index contributed by atoms with van der Waals surface area (Å²) in [6.07, 6.45) is 4.11. The first-order valence-electron chi connectivity index (χ1n) is 9.89. The molecule has 1 saturated heterocycles. The lowest BCUT2D eigenvalue weighted by molar-refractivity contribution is -0.140. The Morgan fingerprint density at radius 2 is 1.93 bits per heavy atom. The van der Waals surface area contributed by atoms with Crippen LogP contribution in [-0.4, -0.2) is 53.6 Å². The second-order valence-electron chi connectivity index (χ2n) is 8.12. The zero-order valence-electron chi connectivity index (χ0n) is 15.4. The van der Waals surface area contributed by atoms with E-state index in [0.29, 0.717) is 12.5 Å². The van der Waals surface area contributed by atoms with E-state index in [4.69, 9.17) is 5.11 Å². The lowest BCUT2D eigenvalue weighted by Crippen LogP contribution is -2.56. The largest absolute Gasteiger partial charge is 0.480 e. The zero-order valence-corrected chi connectivity index (χ0v) is 15.4. The molecule has 2 aliphatic carbocycles. The molecular weight excluding hydrogens is 344 g/mol. The third-order valence-electron chi connectivity index (χ3n) is 5.98. The van der Waals surface area contributed by atoms with E-state index < -0.39 is 5.97 Å². The number of carbonyl (C=O) groups excluding carboxylic acids is 1. The number of hydrogen-bond donors (Lipinski definition) is 4. The highest BCUT2D eigenvalue weighted by Gasteiger charge is 2.40. The van der Waals surface area contributed by atoms with Gasteiger partial charge in [0.15, 0.2) is 0 Å². The van der Waals surface area contributed by atoms with E-state index in [1.54, 1.807) is 0 Å². The van der Waals surface area contributed by atoms with Crippen LogP contribution in [0.4, 0.5) is 0 Å². The third kappa shape index (κ3) is 4.48. The molecule has 27 heavy (non-hydrogen) atoms. The van der Waals surface area contributed by atoms with Crippen molar-refractivity contribution in [2.24, 2.45) is 11.8 Å². The molecule has 0 spiro atoms. The first-order chi connectivity index (χ1) is 13.1. The van der Waals surface area contributed by atoms with E-state index in [1.807, 2.05) is 30.3 Å². The van der Waals surface area contributed by atoms with Crippen LogP contribution in [0.25, 0.3) is 0 Å². The molecular formula is C20H28N4O3. The monoisotopic (exact) mass is 372 g/mol. The maximum Gasteiger partial charge on any atom is 0.317 e. The number of nitrogens with zero attached hydrogens (tertiary/aromatic N) is 1. The molecule has 2 saturated carbocycles. The Labute approximate surface area is 159 Å². The van der Waals surface area contributed by atoms with E-state index in [9.17, 15) is 9.59 Å². The SMILES string of the molecule is O=C(O)CN(CC1CC1)C1CC(NC(=O)C2CNNC2c2ccccc2)C1. The number of hydrogen-bond acceptors (Lipinski definition) is 5. The van der Waals surface area contributed by atoms with Crippen LogP contribution < -0.4 is 16.2 Å². The van der Waals surface area contributed by atoms with Crippen LogP contribution in [0.15, 0.2) is 30.3 Å². The molecule has 7 heteroatoms. The first kappa shape index (κ1) is 18.4. The summed E-state index contributed by atoms with van der Waals surface area (Å²) in [5.74, 6) is -0.179. The summed E-state index contributed by atoms with van der Waals surface area (Å²) in [5.41, 5.74) is 7.41. The lowest BCUT2D eigenvalue weighted by atomic mass is 9.84. The lowest BCUT2D eigenvalue weighted by Gasteiger charge is -2.43. The Kier molecular flexibility index (Phi) is 5.43. The van der Waals surface area contributed by atoms with Crippen molar-refractivity contribution >= 4 is 11.9 Å². The number of hydrazine groups is 1. The number of carbonyl (C=O) groups is 2. The fourth-order valence-electron chi connectivity index (χ4n) is 4.18. The smallest absolute Gasteiger partial charge is 0.317 e. The van der Waals surface area contributed by atoms with Gasteiger partial charge in [0.2, 0.25) is 5.91 Å². The van der Waals surface area contributed by atoms with Crippen molar-refractivity contribution in [2.45, 2.75) is 43.8 Å². The van der Waals surface area contributed by atoms with Crippen LogP contribution in [0.2, 0.25) is 0 Å². The minimum Gasteiger partial charge on any atom is -0.480 e. The Balaban J connectivity index is 1.28. The molecule has 3 aliphatic rings.